The number of fused-ring (bicyclic) bond motifs is 3. The summed E-state index contributed by atoms with van der Waals surface area (Å²) in [5.74, 6) is 0. The van der Waals surface area contributed by atoms with Gasteiger partial charge in [-0.05, 0) is 73.2 Å². The number of aliphatic imine (C=N–C) groups is 1. The molecule has 1 atom stereocenters. The molecule has 16 heteroatoms. The lowest BCUT2D eigenvalue weighted by molar-refractivity contribution is -0.138. The predicted octanol–water partition coefficient (Wildman–Crippen LogP) is 11.1. The summed E-state index contributed by atoms with van der Waals surface area (Å²) >= 11 is 2.52. The zero-order valence-electron chi connectivity index (χ0n) is 28.4. The molecular formula is C40H22F6N8S2. The quantitative estimate of drug-likeness (QED) is 0.122. The van der Waals surface area contributed by atoms with Gasteiger partial charge in [0.15, 0.2) is 15.0 Å². The van der Waals surface area contributed by atoms with E-state index in [1.807, 2.05) is 36.4 Å². The predicted molar refractivity (Wildman–Crippen MR) is 203 cm³/mol. The number of hydrogen-bond acceptors (Lipinski definition) is 10. The van der Waals surface area contributed by atoms with Crippen molar-refractivity contribution in [1.82, 2.24) is 35.3 Å². The molecule has 1 aliphatic heterocycles. The van der Waals surface area contributed by atoms with Crippen LogP contribution in [0.25, 0.3) is 65.2 Å². The summed E-state index contributed by atoms with van der Waals surface area (Å²) in [7, 11) is 0. The summed E-state index contributed by atoms with van der Waals surface area (Å²) in [4.78, 5) is 18.8. The van der Waals surface area contributed by atoms with E-state index in [1.165, 1.54) is 59.1 Å². The molecule has 0 aliphatic carbocycles. The van der Waals surface area contributed by atoms with Crippen molar-refractivity contribution in [3.8, 4) is 43.4 Å². The zero-order chi connectivity index (χ0) is 38.6. The molecule has 1 unspecified atom stereocenters. The third kappa shape index (κ3) is 6.70. The summed E-state index contributed by atoms with van der Waals surface area (Å²) in [6.07, 6.45) is -5.17. The van der Waals surface area contributed by atoms with Crippen LogP contribution >= 0.6 is 22.7 Å². The van der Waals surface area contributed by atoms with Gasteiger partial charge in [-0.3, -0.25) is 4.99 Å². The number of halogens is 6. The fourth-order valence-corrected chi connectivity index (χ4v) is 8.10. The largest absolute Gasteiger partial charge is 0.417 e. The molecule has 8 aromatic rings. The molecular weight excluding hydrogens is 771 g/mol. The topological polar surface area (TPSA) is 103 Å². The number of benzene rings is 3. The average molecular weight is 793 g/mol. The van der Waals surface area contributed by atoms with Gasteiger partial charge in [-0.25, -0.2) is 15.0 Å². The van der Waals surface area contributed by atoms with Crippen LogP contribution in [0, 0.1) is 0 Å². The molecule has 0 saturated heterocycles. The number of nitrogens with zero attached hydrogens (tertiary/aromatic N) is 8. The van der Waals surface area contributed by atoms with Crippen LogP contribution < -0.4 is 0 Å². The van der Waals surface area contributed by atoms with Crippen molar-refractivity contribution in [2.75, 3.05) is 0 Å². The lowest BCUT2D eigenvalue weighted by Crippen LogP contribution is -2.14. The molecule has 0 amide bonds. The van der Waals surface area contributed by atoms with E-state index >= 15 is 0 Å². The van der Waals surface area contributed by atoms with Crippen molar-refractivity contribution in [3.63, 3.8) is 0 Å². The third-order valence-corrected chi connectivity index (χ3v) is 11.1. The first-order valence-corrected chi connectivity index (χ1v) is 18.6. The lowest BCUT2D eigenvalue weighted by atomic mass is 9.99. The molecule has 56 heavy (non-hydrogen) atoms. The Labute approximate surface area is 321 Å². The highest BCUT2D eigenvalue weighted by molar-refractivity contribution is 7.17. The van der Waals surface area contributed by atoms with Gasteiger partial charge in [0, 0.05) is 21.9 Å². The second kappa shape index (κ2) is 13.8. The van der Waals surface area contributed by atoms with Crippen LogP contribution in [0.3, 0.4) is 0 Å². The molecule has 0 spiro atoms. The molecule has 0 fully saturated rings. The first kappa shape index (κ1) is 35.4. The molecule has 5 aromatic heterocycles. The minimum Gasteiger partial charge on any atom is -0.274 e. The Morgan fingerprint density at radius 3 is 1.68 bits per heavy atom. The van der Waals surface area contributed by atoms with Crippen LogP contribution in [0.1, 0.15) is 34.2 Å². The van der Waals surface area contributed by atoms with Crippen molar-refractivity contribution < 1.29 is 26.3 Å². The van der Waals surface area contributed by atoms with E-state index in [9.17, 15) is 26.3 Å². The molecule has 8 nitrogen and oxygen atoms in total. The van der Waals surface area contributed by atoms with E-state index < -0.39 is 29.5 Å². The fourth-order valence-electron chi connectivity index (χ4n) is 6.46. The molecule has 0 radical (unpaired) electrons. The van der Waals surface area contributed by atoms with E-state index in [1.54, 1.807) is 30.4 Å². The second-order valence-corrected chi connectivity index (χ2v) is 14.6. The Morgan fingerprint density at radius 1 is 0.500 bits per heavy atom. The van der Waals surface area contributed by atoms with Gasteiger partial charge < -0.3 is 0 Å². The number of allylic oxidation sites excluding steroid dienone is 1. The number of hydrogen-bond donors (Lipinski definition) is 0. The van der Waals surface area contributed by atoms with Gasteiger partial charge >= 0.3 is 12.4 Å². The van der Waals surface area contributed by atoms with Crippen molar-refractivity contribution >= 4 is 50.2 Å². The Hall–Kier alpha value is -6.26. The third-order valence-electron chi connectivity index (χ3n) is 9.04. The van der Waals surface area contributed by atoms with Gasteiger partial charge in [0.05, 0.1) is 33.6 Å². The molecule has 0 bridgehead atoms. The van der Waals surface area contributed by atoms with E-state index in [-0.39, 0.29) is 22.5 Å². The first-order chi connectivity index (χ1) is 27.0. The number of aromatic nitrogens is 7. The highest BCUT2D eigenvalue weighted by Gasteiger charge is 2.35. The van der Waals surface area contributed by atoms with Crippen molar-refractivity contribution in [2.24, 2.45) is 4.99 Å². The average Bonchev–Trinajstić information content (AvgIpc) is 3.92. The molecule has 0 N–H and O–H groups in total. The normalized spacial score (nSPS) is 14.8. The standard InChI is InChI=1S/C40H22F6N8S2/c41-39(42,43)25-9-3-1-7-23(25)27-11-5-13-31(47-27)35-51-53-37(55-35)33-17-15-21-22-16-18-34(50-30(22)20-19-29(21)49-33)38-54-52-36(56-38)32-14-6-12-28(48-32)24-8-2-4-10-26(24)40(44,45)46/h1-13,15-20,32H,14H2. The van der Waals surface area contributed by atoms with Crippen molar-refractivity contribution in [3.05, 3.63) is 137 Å². The number of pyridine rings is 3. The number of dihydropyridines is 1. The minimum absolute atomic E-state index is 0.0135. The summed E-state index contributed by atoms with van der Waals surface area (Å²) in [6, 6.07) is 26.2. The Kier molecular flexibility index (Phi) is 8.73. The van der Waals surface area contributed by atoms with Crippen molar-refractivity contribution in [2.45, 2.75) is 24.8 Å². The molecule has 9 rings (SSSR count). The van der Waals surface area contributed by atoms with Crippen molar-refractivity contribution in [1.29, 1.82) is 0 Å². The van der Waals surface area contributed by atoms with Gasteiger partial charge in [-0.2, -0.15) is 26.3 Å². The summed E-state index contributed by atoms with van der Waals surface area (Å²) in [5, 5.41) is 21.0. The first-order valence-electron chi connectivity index (χ1n) is 16.9. The SMILES string of the molecule is FC(F)(F)c1ccccc1C1=NC(c2nnc(-c3ccc4c(ccc5nc(-c6nnc(-c7cccc(-c8ccccc8C(F)(F)F)n7)s6)ccc54)n3)s2)CC=C1. The summed E-state index contributed by atoms with van der Waals surface area (Å²) in [6.45, 7) is 0. The van der Waals surface area contributed by atoms with Crippen LogP contribution in [0.5, 0.6) is 0 Å². The lowest BCUT2D eigenvalue weighted by Gasteiger charge is -2.17. The molecule has 0 saturated carbocycles. The van der Waals surface area contributed by atoms with Gasteiger partial charge in [-0.1, -0.05) is 71.2 Å². The van der Waals surface area contributed by atoms with Gasteiger partial charge in [0.25, 0.3) is 0 Å². The summed E-state index contributed by atoms with van der Waals surface area (Å²) in [5.41, 5.74) is 1.81. The minimum atomic E-state index is -4.53. The Morgan fingerprint density at radius 2 is 1.04 bits per heavy atom. The highest BCUT2D eigenvalue weighted by atomic mass is 32.1. The summed E-state index contributed by atoms with van der Waals surface area (Å²) < 4.78 is 82.2. The highest BCUT2D eigenvalue weighted by Crippen LogP contribution is 2.39. The van der Waals surface area contributed by atoms with E-state index in [4.69, 9.17) is 9.97 Å². The van der Waals surface area contributed by atoms with Gasteiger partial charge in [0.2, 0.25) is 0 Å². The van der Waals surface area contributed by atoms with Crippen LogP contribution in [-0.4, -0.2) is 41.1 Å². The number of alkyl halides is 6. The molecule has 276 valence electrons. The van der Waals surface area contributed by atoms with Crippen LogP contribution in [0.2, 0.25) is 0 Å². The van der Waals surface area contributed by atoms with Crippen LogP contribution in [-0.2, 0) is 12.4 Å². The second-order valence-electron chi connectivity index (χ2n) is 12.6. The monoisotopic (exact) mass is 792 g/mol. The number of rotatable bonds is 6. The molecule has 6 heterocycles. The van der Waals surface area contributed by atoms with Gasteiger partial charge in [-0.15, -0.1) is 20.4 Å². The van der Waals surface area contributed by atoms with E-state index in [0.717, 1.165) is 22.9 Å². The maximum atomic E-state index is 13.7. The smallest absolute Gasteiger partial charge is 0.274 e. The molecule has 1 aliphatic rings. The molecule has 3 aromatic carbocycles. The van der Waals surface area contributed by atoms with Crippen LogP contribution in [0.4, 0.5) is 26.3 Å². The van der Waals surface area contributed by atoms with E-state index in [2.05, 4.69) is 30.4 Å². The maximum Gasteiger partial charge on any atom is 0.417 e. The fraction of sp³-hybridized carbons (Fsp3) is 0.100. The Bertz CT molecular complexity index is 2860. The Balaban J connectivity index is 0.963. The van der Waals surface area contributed by atoms with Crippen LogP contribution in [0.15, 0.2) is 120 Å². The maximum absolute atomic E-state index is 13.7. The van der Waals surface area contributed by atoms with E-state index in [0.29, 0.717) is 54.6 Å². The van der Waals surface area contributed by atoms with Gasteiger partial charge in [0.1, 0.15) is 28.1 Å². The zero-order valence-corrected chi connectivity index (χ0v) is 30.0.